The maximum atomic E-state index is 2.46. The first-order valence-electron chi connectivity index (χ1n) is 9.08. The van der Waals surface area contributed by atoms with Crippen LogP contribution in [0, 0.1) is 0 Å². The minimum atomic E-state index is -0.278. The van der Waals surface area contributed by atoms with Gasteiger partial charge in [-0.2, -0.15) is 0 Å². The molecule has 0 heterocycles. The van der Waals surface area contributed by atoms with Crippen molar-refractivity contribution in [2.75, 3.05) is 0 Å². The van der Waals surface area contributed by atoms with Crippen LogP contribution in [0.25, 0.3) is 0 Å². The van der Waals surface area contributed by atoms with Gasteiger partial charge in [0, 0.05) is 9.79 Å². The largest absolute Gasteiger partial charge is 1.00 e. The molecule has 0 aliphatic rings. The quantitative estimate of drug-likeness (QED) is 0.0903. The van der Waals surface area contributed by atoms with Gasteiger partial charge in [-0.05, 0) is 60.7 Å². The molecule has 0 atom stereocenters. The summed E-state index contributed by atoms with van der Waals surface area (Å²) in [4.78, 5) is 6.58. The van der Waals surface area contributed by atoms with Crippen LogP contribution in [0.15, 0.2) is 140 Å². The molecule has 0 unspecified atom stereocenters. The Hall–Kier alpha value is -0.0916. The zero-order valence-electron chi connectivity index (χ0n) is 18.3. The van der Waals surface area contributed by atoms with E-state index in [1.54, 1.807) is 11.8 Å². The van der Waals surface area contributed by atoms with Crippen molar-refractivity contribution >= 4 is 87.6 Å². The van der Waals surface area contributed by atoms with Gasteiger partial charge in [0.05, 0.1) is 10.9 Å². The molecule has 0 aliphatic carbocycles. The monoisotopic (exact) mass is 946 g/mol. The Balaban J connectivity index is -0.000000479. The maximum Gasteiger partial charge on any atom is 0.166 e. The summed E-state index contributed by atoms with van der Waals surface area (Å²) >= 11 is 9.19. The molecule has 0 aliphatic heterocycles. The Kier molecular flexibility index (Phi) is 28.6. The van der Waals surface area contributed by atoms with E-state index in [9.17, 15) is 0 Å². The molecule has 36 heavy (non-hydrogen) atoms. The van der Waals surface area contributed by atoms with Crippen molar-refractivity contribution in [3.63, 3.8) is 0 Å². The molecule has 12 heteroatoms. The molecule has 4 aromatic rings. The molecule has 0 fully saturated rings. The summed E-state index contributed by atoms with van der Waals surface area (Å²) in [6.45, 7) is 0. The van der Waals surface area contributed by atoms with Crippen molar-refractivity contribution in [3.8, 4) is 0 Å². The van der Waals surface area contributed by atoms with Crippen molar-refractivity contribution in [2.24, 2.45) is 0 Å². The minimum Gasteiger partial charge on any atom is -1.00 e. The smallest absolute Gasteiger partial charge is 0.166 e. The SMILES string of the molecule is F.F.F.F.F.I[As](I)I.[F-].c1ccc(Sc2ccc([S+](c3ccccc3)c3ccccc3)cc2)cc1. The Bertz CT molecular complexity index is 980. The van der Waals surface area contributed by atoms with Crippen molar-refractivity contribution in [2.45, 2.75) is 24.5 Å². The van der Waals surface area contributed by atoms with E-state index in [0.29, 0.717) is 0 Å². The summed E-state index contributed by atoms with van der Waals surface area (Å²) < 4.78 is -0.278. The second kappa shape index (κ2) is 24.0. The van der Waals surface area contributed by atoms with Crippen LogP contribution < -0.4 is 4.70 Å². The van der Waals surface area contributed by atoms with Crippen LogP contribution in [-0.2, 0) is 10.9 Å². The van der Waals surface area contributed by atoms with Gasteiger partial charge in [0.25, 0.3) is 0 Å². The van der Waals surface area contributed by atoms with Gasteiger partial charge >= 0.3 is 65.0 Å². The van der Waals surface area contributed by atoms with Crippen molar-refractivity contribution in [1.29, 1.82) is 0 Å². The number of benzene rings is 4. The van der Waals surface area contributed by atoms with Crippen LogP contribution in [0.2, 0.25) is 0 Å². The van der Waals surface area contributed by atoms with E-state index in [0.717, 1.165) is 0 Å². The summed E-state index contributed by atoms with van der Waals surface area (Å²) in [6, 6.07) is 41.1. The van der Waals surface area contributed by atoms with Crippen molar-refractivity contribution < 1.29 is 28.2 Å². The van der Waals surface area contributed by atoms with E-state index in [2.05, 4.69) is 176 Å². The fourth-order valence-corrected chi connectivity index (χ4v) is 5.71. The molecule has 0 N–H and O–H groups in total. The molecular weight excluding hydrogens is 922 g/mol. The van der Waals surface area contributed by atoms with Gasteiger partial charge in [0.15, 0.2) is 14.7 Å². The normalized spacial score (nSPS) is 8.81. The van der Waals surface area contributed by atoms with Crippen molar-refractivity contribution in [1.82, 2.24) is 0 Å². The fourth-order valence-electron chi connectivity index (χ4n) is 2.79. The van der Waals surface area contributed by atoms with Gasteiger partial charge in [-0.1, -0.05) is 66.4 Å². The summed E-state index contributed by atoms with van der Waals surface area (Å²) in [5, 5.41) is 0. The van der Waals surface area contributed by atoms with Crippen LogP contribution in [0.3, 0.4) is 0 Å². The molecule has 4 rings (SSSR count). The molecule has 0 amide bonds. The summed E-state index contributed by atoms with van der Waals surface area (Å²) in [7, 11) is -0.0786. The standard InChI is InChI=1S/C24H19S2.AsI3.6FH/c1-4-10-20(11-5-1)25-21-16-18-24(19-17-21)26(22-12-6-2-7-13-22)23-14-8-3-9-15-23;2-1(3)4;;;;;;/h1-19H;;6*1H/q+1;;;;;;;/p-1. The third-order valence-corrected chi connectivity index (χ3v) is 7.24. The van der Waals surface area contributed by atoms with Crippen LogP contribution >= 0.6 is 72.1 Å². The van der Waals surface area contributed by atoms with Gasteiger partial charge in [0.2, 0.25) is 0 Å². The average molecular weight is 946 g/mol. The predicted molar refractivity (Wildman–Crippen MR) is 172 cm³/mol. The number of hydrogen-bond donors (Lipinski definition) is 0. The molecule has 4 aromatic carbocycles. The van der Waals surface area contributed by atoms with Crippen molar-refractivity contribution in [3.05, 3.63) is 115 Å². The summed E-state index contributed by atoms with van der Waals surface area (Å²) in [5.41, 5.74) is 0. The second-order valence-electron chi connectivity index (χ2n) is 6.01. The zero-order chi connectivity index (χ0) is 21.2. The van der Waals surface area contributed by atoms with Gasteiger partial charge < -0.3 is 4.70 Å². The minimum absolute atomic E-state index is 0. The van der Waals surface area contributed by atoms with Crippen LogP contribution in [0.5, 0.6) is 0 Å². The molecule has 0 saturated heterocycles. The number of hydrogen-bond acceptors (Lipinski definition) is 1. The Labute approximate surface area is 252 Å². The van der Waals surface area contributed by atoms with Crippen LogP contribution in [0.4, 0.5) is 23.5 Å². The molecule has 0 saturated carbocycles. The second-order valence-corrected chi connectivity index (χ2v) is 53.8. The maximum absolute atomic E-state index is 2.46. The van der Waals surface area contributed by atoms with Gasteiger partial charge in [-0.3, -0.25) is 23.5 Å². The average Bonchev–Trinajstić information content (AvgIpc) is 2.77. The first-order chi connectivity index (χ1) is 14.6. The van der Waals surface area contributed by atoms with E-state index < -0.39 is 0 Å². The summed E-state index contributed by atoms with van der Waals surface area (Å²) in [5.74, 6) is 0. The van der Waals surface area contributed by atoms with Crippen LogP contribution in [0.1, 0.15) is 0 Å². The molecule has 0 aromatic heterocycles. The van der Waals surface area contributed by atoms with Gasteiger partial charge in [0.1, 0.15) is 0 Å². The third kappa shape index (κ3) is 14.7. The third-order valence-electron chi connectivity index (χ3n) is 4.00. The molecule has 0 nitrogen and oxygen atoms in total. The first-order valence-corrected chi connectivity index (χ1v) is 28.3. The molecule has 0 spiro atoms. The molecule has 200 valence electrons. The van der Waals surface area contributed by atoms with E-state index in [4.69, 9.17) is 0 Å². The van der Waals surface area contributed by atoms with Crippen LogP contribution in [-0.4, -0.2) is 4.61 Å². The topological polar surface area (TPSA) is 0 Å². The Morgan fingerprint density at radius 3 is 1.08 bits per heavy atom. The first kappa shape index (κ1) is 43.0. The number of halogens is 9. The molecule has 0 radical (unpaired) electrons. The van der Waals surface area contributed by atoms with Gasteiger partial charge in [-0.25, -0.2) is 0 Å². The van der Waals surface area contributed by atoms with E-state index in [1.165, 1.54) is 24.5 Å². The Morgan fingerprint density at radius 1 is 0.444 bits per heavy atom. The summed E-state index contributed by atoms with van der Waals surface area (Å²) in [6.07, 6.45) is 0. The zero-order valence-corrected chi connectivity index (χ0v) is 28.3. The fraction of sp³-hybridized carbons (Fsp3) is 0. The molecular formula is C24H24AsF6I3S2. The number of rotatable bonds is 5. The van der Waals surface area contributed by atoms with E-state index in [1.807, 2.05) is 0 Å². The predicted octanol–water partition coefficient (Wildman–Crippen LogP) is 6.98. The van der Waals surface area contributed by atoms with E-state index >= 15 is 0 Å². The van der Waals surface area contributed by atoms with E-state index in [-0.39, 0.29) is 43.7 Å². The Morgan fingerprint density at radius 2 is 0.722 bits per heavy atom. The van der Waals surface area contributed by atoms with Gasteiger partial charge in [-0.15, -0.1) is 0 Å². The molecule has 0 bridgehead atoms.